The number of fused-ring (bicyclic) bond motifs is 1. The summed E-state index contributed by atoms with van der Waals surface area (Å²) in [5.41, 5.74) is -0.133. The Labute approximate surface area is 99.3 Å². The van der Waals surface area contributed by atoms with Crippen molar-refractivity contribution in [3.8, 4) is 5.75 Å². The zero-order chi connectivity index (χ0) is 11.9. The second-order valence-corrected chi connectivity index (χ2v) is 4.32. The third kappa shape index (κ3) is 1.44. The minimum atomic E-state index is -0.498. The Kier molecular flexibility index (Phi) is 2.55. The Morgan fingerprint density at radius 3 is 2.75 bits per heavy atom. The zero-order valence-electron chi connectivity index (χ0n) is 8.40. The van der Waals surface area contributed by atoms with E-state index >= 15 is 0 Å². The van der Waals surface area contributed by atoms with Gasteiger partial charge in [0.25, 0.3) is 5.56 Å². The molecule has 4 nitrogen and oxygen atoms in total. The molecule has 1 aromatic carbocycles. The van der Waals surface area contributed by atoms with Gasteiger partial charge in [0.05, 0.1) is 5.52 Å². The van der Waals surface area contributed by atoms with Crippen LogP contribution in [0.15, 0.2) is 27.5 Å². The number of aldehydes is 1. The number of hydrogen-bond donors (Lipinski definition) is 1. The van der Waals surface area contributed by atoms with Crippen LogP contribution in [0.2, 0.25) is 0 Å². The van der Waals surface area contributed by atoms with Gasteiger partial charge >= 0.3 is 0 Å². The fourth-order valence-electron chi connectivity index (χ4n) is 1.63. The molecule has 0 unspecified atom stereocenters. The number of benzene rings is 1. The van der Waals surface area contributed by atoms with E-state index in [0.717, 1.165) is 4.47 Å². The maximum absolute atomic E-state index is 11.7. The van der Waals surface area contributed by atoms with Crippen molar-refractivity contribution in [2.75, 3.05) is 0 Å². The summed E-state index contributed by atoms with van der Waals surface area (Å²) in [5, 5.41) is 10.3. The van der Waals surface area contributed by atoms with Crippen LogP contribution in [0.1, 0.15) is 10.4 Å². The van der Waals surface area contributed by atoms with Crippen LogP contribution >= 0.6 is 15.9 Å². The quantitative estimate of drug-likeness (QED) is 0.812. The molecule has 0 fully saturated rings. The van der Waals surface area contributed by atoms with E-state index in [9.17, 15) is 14.7 Å². The van der Waals surface area contributed by atoms with Crippen LogP contribution in [0, 0.1) is 0 Å². The highest BCUT2D eigenvalue weighted by Gasteiger charge is 2.13. The molecular formula is C11H8BrNO3. The third-order valence-electron chi connectivity index (χ3n) is 2.48. The molecule has 82 valence electrons. The standard InChI is InChI=1S/C11H8BrNO3/c1-13-9-3-2-6(12)4-7(9)10(15)8(5-14)11(13)16/h2-5,15H,1H3. The predicted octanol–water partition coefficient (Wildman–Crippen LogP) is 1.82. The molecule has 0 amide bonds. The van der Waals surface area contributed by atoms with Crippen LogP contribution in [-0.4, -0.2) is 16.0 Å². The molecule has 0 saturated carbocycles. The van der Waals surface area contributed by atoms with E-state index in [4.69, 9.17) is 0 Å². The van der Waals surface area contributed by atoms with Crippen molar-refractivity contribution < 1.29 is 9.90 Å². The van der Waals surface area contributed by atoms with Gasteiger partial charge in [-0.05, 0) is 18.2 Å². The normalized spacial score (nSPS) is 10.6. The first-order valence-electron chi connectivity index (χ1n) is 4.52. The van der Waals surface area contributed by atoms with Crippen molar-refractivity contribution in [3.63, 3.8) is 0 Å². The highest BCUT2D eigenvalue weighted by Crippen LogP contribution is 2.27. The Balaban J connectivity index is 3.08. The fraction of sp³-hybridized carbons (Fsp3) is 0.0909. The summed E-state index contributed by atoms with van der Waals surface area (Å²) in [6, 6.07) is 5.13. The summed E-state index contributed by atoms with van der Waals surface area (Å²) >= 11 is 3.27. The molecule has 0 saturated heterocycles. The summed E-state index contributed by atoms with van der Waals surface area (Å²) in [5.74, 6) is -0.269. The van der Waals surface area contributed by atoms with Crippen LogP contribution in [0.3, 0.4) is 0 Å². The lowest BCUT2D eigenvalue weighted by atomic mass is 10.1. The number of carbonyl (C=O) groups excluding carboxylic acids is 1. The van der Waals surface area contributed by atoms with E-state index in [1.54, 1.807) is 25.2 Å². The van der Waals surface area contributed by atoms with Crippen molar-refractivity contribution in [2.45, 2.75) is 0 Å². The maximum atomic E-state index is 11.7. The van der Waals surface area contributed by atoms with Gasteiger partial charge in [0.1, 0.15) is 11.3 Å². The van der Waals surface area contributed by atoms with Gasteiger partial charge in [-0.25, -0.2) is 0 Å². The van der Waals surface area contributed by atoms with Crippen LogP contribution in [0.25, 0.3) is 10.9 Å². The molecule has 5 heteroatoms. The number of pyridine rings is 1. The monoisotopic (exact) mass is 281 g/mol. The molecule has 0 bridgehead atoms. The molecule has 1 heterocycles. The first kappa shape index (κ1) is 10.9. The lowest BCUT2D eigenvalue weighted by Crippen LogP contribution is -2.21. The van der Waals surface area contributed by atoms with Gasteiger partial charge in [-0.3, -0.25) is 9.59 Å². The highest BCUT2D eigenvalue weighted by atomic mass is 79.9. The number of aryl methyl sites for hydroxylation is 1. The Morgan fingerprint density at radius 2 is 2.12 bits per heavy atom. The van der Waals surface area contributed by atoms with E-state index in [1.807, 2.05) is 0 Å². The van der Waals surface area contributed by atoms with Crippen molar-refractivity contribution in [2.24, 2.45) is 7.05 Å². The van der Waals surface area contributed by atoms with Crippen LogP contribution in [0.5, 0.6) is 5.75 Å². The molecule has 2 aromatic rings. The number of aromatic nitrogens is 1. The lowest BCUT2D eigenvalue weighted by molar-refractivity contribution is 0.111. The molecule has 1 N–H and O–H groups in total. The summed E-state index contributed by atoms with van der Waals surface area (Å²) in [6.45, 7) is 0. The fourth-order valence-corrected chi connectivity index (χ4v) is 1.99. The van der Waals surface area contributed by atoms with Gasteiger partial charge in [0.15, 0.2) is 6.29 Å². The average Bonchev–Trinajstić information content (AvgIpc) is 2.27. The van der Waals surface area contributed by atoms with E-state index in [-0.39, 0.29) is 11.3 Å². The Morgan fingerprint density at radius 1 is 1.44 bits per heavy atom. The molecular weight excluding hydrogens is 274 g/mol. The molecule has 2 rings (SSSR count). The van der Waals surface area contributed by atoms with E-state index in [0.29, 0.717) is 17.2 Å². The third-order valence-corrected chi connectivity index (χ3v) is 2.98. The first-order valence-corrected chi connectivity index (χ1v) is 5.32. The molecule has 0 radical (unpaired) electrons. The summed E-state index contributed by atoms with van der Waals surface area (Å²) in [4.78, 5) is 22.4. The van der Waals surface area contributed by atoms with Crippen molar-refractivity contribution in [3.05, 3.63) is 38.6 Å². The Bertz CT molecular complexity index is 646. The number of rotatable bonds is 1. The number of carbonyl (C=O) groups is 1. The summed E-state index contributed by atoms with van der Waals surface area (Å²) in [7, 11) is 1.56. The second-order valence-electron chi connectivity index (χ2n) is 3.41. The first-order chi connectivity index (χ1) is 7.56. The van der Waals surface area contributed by atoms with Crippen LogP contribution < -0.4 is 5.56 Å². The molecule has 0 aliphatic heterocycles. The number of aromatic hydroxyl groups is 1. The topological polar surface area (TPSA) is 59.3 Å². The minimum Gasteiger partial charge on any atom is -0.506 e. The molecule has 0 spiro atoms. The van der Waals surface area contributed by atoms with Gasteiger partial charge < -0.3 is 9.67 Å². The average molecular weight is 282 g/mol. The summed E-state index contributed by atoms with van der Waals surface area (Å²) in [6.07, 6.45) is 0.373. The number of halogens is 1. The van der Waals surface area contributed by atoms with E-state index in [1.165, 1.54) is 4.57 Å². The molecule has 0 atom stereocenters. The maximum Gasteiger partial charge on any atom is 0.265 e. The van der Waals surface area contributed by atoms with Crippen molar-refractivity contribution in [1.82, 2.24) is 4.57 Å². The van der Waals surface area contributed by atoms with Gasteiger partial charge in [0.2, 0.25) is 0 Å². The van der Waals surface area contributed by atoms with E-state index < -0.39 is 5.56 Å². The van der Waals surface area contributed by atoms with Crippen molar-refractivity contribution >= 4 is 33.1 Å². The largest absolute Gasteiger partial charge is 0.506 e. The van der Waals surface area contributed by atoms with Gasteiger partial charge in [-0.1, -0.05) is 15.9 Å². The van der Waals surface area contributed by atoms with E-state index in [2.05, 4.69) is 15.9 Å². The molecule has 16 heavy (non-hydrogen) atoms. The zero-order valence-corrected chi connectivity index (χ0v) is 9.98. The number of hydrogen-bond acceptors (Lipinski definition) is 3. The lowest BCUT2D eigenvalue weighted by Gasteiger charge is -2.08. The second kappa shape index (κ2) is 3.75. The van der Waals surface area contributed by atoms with Gasteiger partial charge in [0, 0.05) is 16.9 Å². The summed E-state index contributed by atoms with van der Waals surface area (Å²) < 4.78 is 2.11. The van der Waals surface area contributed by atoms with Crippen molar-refractivity contribution in [1.29, 1.82) is 0 Å². The molecule has 0 aliphatic carbocycles. The molecule has 0 aliphatic rings. The Hall–Kier alpha value is -1.62. The van der Waals surface area contributed by atoms with Gasteiger partial charge in [-0.15, -0.1) is 0 Å². The van der Waals surface area contributed by atoms with Crippen LogP contribution in [0.4, 0.5) is 0 Å². The van der Waals surface area contributed by atoms with Gasteiger partial charge in [-0.2, -0.15) is 0 Å². The predicted molar refractivity (Wildman–Crippen MR) is 63.9 cm³/mol. The SMILES string of the molecule is Cn1c(=O)c(C=O)c(O)c2cc(Br)ccc21. The molecule has 1 aromatic heterocycles. The minimum absolute atomic E-state index is 0.215. The van der Waals surface area contributed by atoms with Crippen LogP contribution in [-0.2, 0) is 7.05 Å². The number of nitrogens with zero attached hydrogens (tertiary/aromatic N) is 1. The smallest absolute Gasteiger partial charge is 0.265 e. The highest BCUT2D eigenvalue weighted by molar-refractivity contribution is 9.10.